The average molecular weight is 501 g/mol. The van der Waals surface area contributed by atoms with Crippen LogP contribution in [0.3, 0.4) is 0 Å². The fourth-order valence-electron chi connectivity index (χ4n) is 4.18. The zero-order valence-corrected chi connectivity index (χ0v) is 21.4. The molecular weight excluding hydrogens is 467 g/mol. The fraction of sp³-hybridized carbons (Fsp3) is 0.520. The minimum absolute atomic E-state index is 0.0592. The third-order valence-electron chi connectivity index (χ3n) is 5.86. The van der Waals surface area contributed by atoms with Crippen LogP contribution in [0.2, 0.25) is 0 Å². The number of urea groups is 1. The van der Waals surface area contributed by atoms with Gasteiger partial charge in [0, 0.05) is 24.2 Å². The number of morpholine rings is 1. The lowest BCUT2D eigenvalue weighted by Crippen LogP contribution is -2.44. The number of carbonyl (C=O) groups excluding carboxylic acids is 2. The summed E-state index contributed by atoms with van der Waals surface area (Å²) >= 11 is 0. The van der Waals surface area contributed by atoms with Gasteiger partial charge in [-0.1, -0.05) is 0 Å². The molecule has 0 aliphatic carbocycles. The Balaban J connectivity index is 1.69. The molecular formula is C25H33FN6O4. The lowest BCUT2D eigenvalue weighted by molar-refractivity contribution is 0.0240. The zero-order chi connectivity index (χ0) is 26.0. The lowest BCUT2D eigenvalue weighted by Gasteiger charge is -2.35. The van der Waals surface area contributed by atoms with Gasteiger partial charge in [-0.3, -0.25) is 4.90 Å². The van der Waals surface area contributed by atoms with Crippen molar-refractivity contribution in [3.63, 3.8) is 0 Å². The number of amides is 3. The van der Waals surface area contributed by atoms with Gasteiger partial charge in [0.05, 0.1) is 43.7 Å². The molecule has 194 valence electrons. The van der Waals surface area contributed by atoms with E-state index >= 15 is 0 Å². The molecule has 2 aromatic rings. The second-order valence-corrected chi connectivity index (χ2v) is 9.93. The molecule has 1 aromatic carbocycles. The SMILES string of the molecule is CCNC(=O)Nc1ccc(-c2nc3c(c(N4CCOCC4C)n2)CN(C(=O)OC(C)(C)C)C3)cc1F. The molecule has 3 heterocycles. The minimum atomic E-state index is -0.619. The first kappa shape index (κ1) is 25.6. The Kier molecular flexibility index (Phi) is 7.30. The Morgan fingerprint density at radius 1 is 1.25 bits per heavy atom. The van der Waals surface area contributed by atoms with Crippen molar-refractivity contribution >= 4 is 23.6 Å². The highest BCUT2D eigenvalue weighted by Gasteiger charge is 2.34. The molecule has 2 N–H and O–H groups in total. The van der Waals surface area contributed by atoms with Crippen LogP contribution in [0.1, 0.15) is 45.9 Å². The molecule has 2 aliphatic rings. The van der Waals surface area contributed by atoms with Gasteiger partial charge in [-0.05, 0) is 52.8 Å². The van der Waals surface area contributed by atoms with Crippen molar-refractivity contribution in [1.82, 2.24) is 20.2 Å². The van der Waals surface area contributed by atoms with E-state index in [-0.39, 0.29) is 18.3 Å². The standard InChI is InChI=1S/C25H33FN6O4/c1-6-27-23(33)29-19-8-7-16(11-18(19)26)21-28-20-13-31(24(34)36-25(3,4)5)12-17(20)22(30-21)32-9-10-35-14-15(32)2/h7-8,11,15H,6,9-10,12-14H2,1-5H3,(H2,27,29,33). The number of fused-ring (bicyclic) bond motifs is 1. The third-order valence-corrected chi connectivity index (χ3v) is 5.86. The van der Waals surface area contributed by atoms with E-state index in [0.29, 0.717) is 55.7 Å². The molecule has 3 amide bonds. The molecule has 1 fully saturated rings. The summed E-state index contributed by atoms with van der Waals surface area (Å²) in [5.74, 6) is 0.457. The molecule has 2 aliphatic heterocycles. The van der Waals surface area contributed by atoms with Gasteiger partial charge in [-0.25, -0.2) is 23.9 Å². The molecule has 0 radical (unpaired) electrons. The Morgan fingerprint density at radius 3 is 2.69 bits per heavy atom. The van der Waals surface area contributed by atoms with Crippen LogP contribution in [0.25, 0.3) is 11.4 Å². The van der Waals surface area contributed by atoms with E-state index in [4.69, 9.17) is 19.4 Å². The Morgan fingerprint density at radius 2 is 2.03 bits per heavy atom. The van der Waals surface area contributed by atoms with Crippen molar-refractivity contribution in [2.24, 2.45) is 0 Å². The first-order chi connectivity index (χ1) is 17.1. The van der Waals surface area contributed by atoms with Crippen molar-refractivity contribution < 1.29 is 23.5 Å². The Hall–Kier alpha value is -3.47. The summed E-state index contributed by atoms with van der Waals surface area (Å²) in [6, 6.07) is 4.04. The van der Waals surface area contributed by atoms with Gasteiger partial charge in [-0.15, -0.1) is 0 Å². The highest BCUT2D eigenvalue weighted by molar-refractivity contribution is 5.89. The summed E-state index contributed by atoms with van der Waals surface area (Å²) in [5, 5.41) is 5.06. The highest BCUT2D eigenvalue weighted by atomic mass is 19.1. The number of hydrogen-bond acceptors (Lipinski definition) is 7. The van der Waals surface area contributed by atoms with E-state index in [9.17, 15) is 14.0 Å². The number of halogens is 1. The maximum atomic E-state index is 14.9. The maximum Gasteiger partial charge on any atom is 0.410 e. The number of ether oxygens (including phenoxy) is 2. The number of nitrogens with one attached hydrogen (secondary N) is 2. The van der Waals surface area contributed by atoms with Crippen molar-refractivity contribution in [1.29, 1.82) is 0 Å². The van der Waals surface area contributed by atoms with Gasteiger partial charge in [0.1, 0.15) is 17.2 Å². The normalized spacial score (nSPS) is 17.6. The third kappa shape index (κ3) is 5.67. The summed E-state index contributed by atoms with van der Waals surface area (Å²) in [4.78, 5) is 37.9. The van der Waals surface area contributed by atoms with E-state index in [1.807, 2.05) is 20.8 Å². The monoisotopic (exact) mass is 500 g/mol. The summed E-state index contributed by atoms with van der Waals surface area (Å²) in [6.45, 7) is 12.1. The van der Waals surface area contributed by atoms with Crippen LogP contribution >= 0.6 is 0 Å². The van der Waals surface area contributed by atoms with Crippen LogP contribution in [0, 0.1) is 5.82 Å². The zero-order valence-electron chi connectivity index (χ0n) is 21.4. The second kappa shape index (κ2) is 10.3. The number of aromatic nitrogens is 2. The van der Waals surface area contributed by atoms with E-state index in [1.54, 1.807) is 17.9 Å². The molecule has 1 unspecified atom stereocenters. The second-order valence-electron chi connectivity index (χ2n) is 9.93. The van der Waals surface area contributed by atoms with Gasteiger partial charge in [0.2, 0.25) is 0 Å². The van der Waals surface area contributed by atoms with Gasteiger partial charge >= 0.3 is 12.1 Å². The average Bonchev–Trinajstić information content (AvgIpc) is 3.24. The summed E-state index contributed by atoms with van der Waals surface area (Å²) in [7, 11) is 0. The predicted molar refractivity (Wildman–Crippen MR) is 133 cm³/mol. The van der Waals surface area contributed by atoms with Gasteiger partial charge < -0.3 is 25.0 Å². The topological polar surface area (TPSA) is 109 Å². The predicted octanol–water partition coefficient (Wildman–Crippen LogP) is 3.90. The lowest BCUT2D eigenvalue weighted by atomic mass is 10.1. The number of benzene rings is 1. The van der Waals surface area contributed by atoms with Crippen LogP contribution in [-0.2, 0) is 22.6 Å². The number of rotatable bonds is 4. The Labute approximate surface area is 210 Å². The van der Waals surface area contributed by atoms with Gasteiger partial charge in [0.25, 0.3) is 0 Å². The summed E-state index contributed by atoms with van der Waals surface area (Å²) < 4.78 is 26.0. The molecule has 1 saturated heterocycles. The largest absolute Gasteiger partial charge is 0.444 e. The van der Waals surface area contributed by atoms with E-state index in [1.165, 1.54) is 12.1 Å². The molecule has 36 heavy (non-hydrogen) atoms. The van der Waals surface area contributed by atoms with Crippen LogP contribution in [0.5, 0.6) is 0 Å². The maximum absolute atomic E-state index is 14.9. The van der Waals surface area contributed by atoms with Crippen LogP contribution in [0.4, 0.5) is 25.5 Å². The molecule has 4 rings (SSSR count). The van der Waals surface area contributed by atoms with Crippen molar-refractivity contribution in [3.05, 3.63) is 35.3 Å². The number of hydrogen-bond donors (Lipinski definition) is 2. The number of anilines is 2. The quantitative estimate of drug-likeness (QED) is 0.655. The van der Waals surface area contributed by atoms with Gasteiger partial charge in [0.15, 0.2) is 5.82 Å². The minimum Gasteiger partial charge on any atom is -0.444 e. The van der Waals surface area contributed by atoms with Crippen LogP contribution in [0.15, 0.2) is 18.2 Å². The van der Waals surface area contributed by atoms with E-state index in [2.05, 4.69) is 22.5 Å². The van der Waals surface area contributed by atoms with Crippen LogP contribution < -0.4 is 15.5 Å². The number of nitrogens with zero attached hydrogens (tertiary/aromatic N) is 4. The van der Waals surface area contributed by atoms with E-state index < -0.39 is 23.5 Å². The summed E-state index contributed by atoms with van der Waals surface area (Å²) in [6.07, 6.45) is -0.421. The molecule has 1 atom stereocenters. The van der Waals surface area contributed by atoms with Crippen molar-refractivity contribution in [2.45, 2.75) is 59.4 Å². The Bertz CT molecular complexity index is 1150. The van der Waals surface area contributed by atoms with E-state index in [0.717, 1.165) is 5.56 Å². The van der Waals surface area contributed by atoms with Crippen molar-refractivity contribution in [3.8, 4) is 11.4 Å². The van der Waals surface area contributed by atoms with Gasteiger partial charge in [-0.2, -0.15) is 0 Å². The molecule has 11 heteroatoms. The smallest absolute Gasteiger partial charge is 0.410 e. The van der Waals surface area contributed by atoms with Crippen LogP contribution in [-0.4, -0.2) is 64.9 Å². The molecule has 1 aromatic heterocycles. The molecule has 0 saturated carbocycles. The molecule has 0 bridgehead atoms. The summed E-state index contributed by atoms with van der Waals surface area (Å²) in [5.41, 5.74) is 1.46. The molecule has 10 nitrogen and oxygen atoms in total. The first-order valence-electron chi connectivity index (χ1n) is 12.1. The first-order valence-corrected chi connectivity index (χ1v) is 12.1. The number of carbonyl (C=O) groups is 2. The highest BCUT2D eigenvalue weighted by Crippen LogP contribution is 2.34. The van der Waals surface area contributed by atoms with Crippen molar-refractivity contribution in [2.75, 3.05) is 36.5 Å². The molecule has 0 spiro atoms. The fourth-order valence-corrected chi connectivity index (χ4v) is 4.18.